The average molecular weight is 393 g/mol. The number of nitrogens with zero attached hydrogens (tertiary/aromatic N) is 3. The summed E-state index contributed by atoms with van der Waals surface area (Å²) >= 11 is 0. The molecule has 29 heavy (non-hydrogen) atoms. The van der Waals surface area contributed by atoms with Gasteiger partial charge in [-0.15, -0.1) is 0 Å². The molecule has 0 unspecified atom stereocenters. The number of anilines is 2. The van der Waals surface area contributed by atoms with Crippen molar-refractivity contribution in [3.63, 3.8) is 0 Å². The van der Waals surface area contributed by atoms with Crippen LogP contribution in [0.3, 0.4) is 0 Å². The van der Waals surface area contributed by atoms with Crippen LogP contribution in [0.2, 0.25) is 0 Å². The maximum atomic E-state index is 5.96. The molecule has 1 aliphatic heterocycles. The molecule has 1 aliphatic rings. The number of rotatable bonds is 6. The molecule has 0 saturated carbocycles. The second-order valence-corrected chi connectivity index (χ2v) is 7.34. The molecule has 1 aromatic heterocycles. The van der Waals surface area contributed by atoms with Crippen molar-refractivity contribution >= 4 is 22.7 Å². The van der Waals surface area contributed by atoms with E-state index in [9.17, 15) is 0 Å². The number of ether oxygens (including phenoxy) is 2. The van der Waals surface area contributed by atoms with Crippen molar-refractivity contribution in [3.8, 4) is 11.5 Å². The number of nitrogen functional groups attached to an aromatic ring is 1. The van der Waals surface area contributed by atoms with Crippen LogP contribution < -0.4 is 20.5 Å². The summed E-state index contributed by atoms with van der Waals surface area (Å²) in [7, 11) is 3.23. The van der Waals surface area contributed by atoms with Gasteiger partial charge in [0.15, 0.2) is 11.5 Å². The Hall–Kier alpha value is -3.06. The van der Waals surface area contributed by atoms with Gasteiger partial charge in [-0.2, -0.15) is 4.98 Å². The van der Waals surface area contributed by atoms with Crippen molar-refractivity contribution < 1.29 is 9.47 Å². The summed E-state index contributed by atoms with van der Waals surface area (Å²) in [5.41, 5.74) is 8.05. The van der Waals surface area contributed by atoms with Crippen molar-refractivity contribution in [1.82, 2.24) is 14.9 Å². The summed E-state index contributed by atoms with van der Waals surface area (Å²) in [5.74, 6) is 2.26. The zero-order chi connectivity index (χ0) is 20.2. The summed E-state index contributed by atoms with van der Waals surface area (Å²) in [5, 5.41) is 4.46. The number of benzene rings is 2. The number of nitrogens with two attached hydrogens (primary N) is 1. The minimum atomic E-state index is 0.244. The van der Waals surface area contributed by atoms with Crippen LogP contribution in [0, 0.1) is 0 Å². The van der Waals surface area contributed by atoms with Crippen LogP contribution in [0.15, 0.2) is 42.5 Å². The molecule has 3 aromatic rings. The van der Waals surface area contributed by atoms with Crippen LogP contribution in [0.5, 0.6) is 11.5 Å². The van der Waals surface area contributed by atoms with Crippen molar-refractivity contribution in [2.24, 2.45) is 0 Å². The maximum absolute atomic E-state index is 5.96. The lowest BCUT2D eigenvalue weighted by Gasteiger charge is -2.32. The second-order valence-electron chi connectivity index (χ2n) is 7.34. The van der Waals surface area contributed by atoms with Gasteiger partial charge in [0.1, 0.15) is 5.82 Å². The van der Waals surface area contributed by atoms with E-state index in [1.165, 1.54) is 5.56 Å². The third-order valence-corrected chi connectivity index (χ3v) is 5.40. The van der Waals surface area contributed by atoms with E-state index in [0.717, 1.165) is 49.2 Å². The van der Waals surface area contributed by atoms with E-state index in [1.54, 1.807) is 14.2 Å². The molecule has 0 bridgehead atoms. The lowest BCUT2D eigenvalue weighted by atomic mass is 10.0. The fraction of sp³-hybridized carbons (Fsp3) is 0.364. The van der Waals surface area contributed by atoms with Gasteiger partial charge in [0.2, 0.25) is 5.95 Å². The van der Waals surface area contributed by atoms with Gasteiger partial charge in [-0.1, -0.05) is 30.3 Å². The molecule has 0 radical (unpaired) electrons. The van der Waals surface area contributed by atoms with Gasteiger partial charge in [-0.05, 0) is 24.5 Å². The summed E-state index contributed by atoms with van der Waals surface area (Å²) in [6.45, 7) is 3.08. The Kier molecular flexibility index (Phi) is 5.67. The molecule has 152 valence electrons. The molecule has 3 N–H and O–H groups in total. The normalized spacial score (nSPS) is 15.4. The molecule has 0 aliphatic carbocycles. The Morgan fingerprint density at radius 1 is 1.03 bits per heavy atom. The molecule has 0 atom stereocenters. The Labute approximate surface area is 170 Å². The predicted octanol–water partition coefficient (Wildman–Crippen LogP) is 3.31. The van der Waals surface area contributed by atoms with Crippen LogP contribution in [0.4, 0.5) is 11.8 Å². The van der Waals surface area contributed by atoms with Gasteiger partial charge < -0.3 is 20.5 Å². The zero-order valence-electron chi connectivity index (χ0n) is 16.9. The van der Waals surface area contributed by atoms with E-state index in [4.69, 9.17) is 15.2 Å². The molecular weight excluding hydrogens is 366 g/mol. The van der Waals surface area contributed by atoms with E-state index in [2.05, 4.69) is 50.5 Å². The number of piperidine rings is 1. The Morgan fingerprint density at radius 3 is 2.41 bits per heavy atom. The number of likely N-dealkylation sites (tertiary alicyclic amines) is 1. The number of aromatic nitrogens is 2. The monoisotopic (exact) mass is 393 g/mol. The van der Waals surface area contributed by atoms with Crippen LogP contribution in [-0.2, 0) is 6.54 Å². The fourth-order valence-corrected chi connectivity index (χ4v) is 3.85. The van der Waals surface area contributed by atoms with Gasteiger partial charge in [-0.25, -0.2) is 4.98 Å². The third-order valence-electron chi connectivity index (χ3n) is 5.40. The fourth-order valence-electron chi connectivity index (χ4n) is 3.85. The first-order chi connectivity index (χ1) is 14.2. The van der Waals surface area contributed by atoms with Crippen molar-refractivity contribution in [2.45, 2.75) is 25.4 Å². The molecule has 0 spiro atoms. The highest BCUT2D eigenvalue weighted by Gasteiger charge is 2.21. The molecule has 1 saturated heterocycles. The van der Waals surface area contributed by atoms with Crippen molar-refractivity contribution in [1.29, 1.82) is 0 Å². The molecule has 2 aromatic carbocycles. The second kappa shape index (κ2) is 8.53. The van der Waals surface area contributed by atoms with Crippen LogP contribution in [-0.4, -0.2) is 48.2 Å². The van der Waals surface area contributed by atoms with E-state index in [0.29, 0.717) is 17.5 Å². The van der Waals surface area contributed by atoms with Crippen LogP contribution in [0.1, 0.15) is 18.4 Å². The number of nitrogens with one attached hydrogen (secondary N) is 1. The van der Waals surface area contributed by atoms with Crippen molar-refractivity contribution in [3.05, 3.63) is 48.0 Å². The maximum Gasteiger partial charge on any atom is 0.222 e. The summed E-state index contributed by atoms with van der Waals surface area (Å²) in [4.78, 5) is 11.3. The van der Waals surface area contributed by atoms with Crippen LogP contribution >= 0.6 is 0 Å². The quantitative estimate of drug-likeness (QED) is 0.664. The van der Waals surface area contributed by atoms with Gasteiger partial charge in [0, 0.05) is 37.1 Å². The highest BCUT2D eigenvalue weighted by atomic mass is 16.5. The third kappa shape index (κ3) is 4.35. The minimum absolute atomic E-state index is 0.244. The van der Waals surface area contributed by atoms with Crippen molar-refractivity contribution in [2.75, 3.05) is 38.4 Å². The van der Waals surface area contributed by atoms with E-state index >= 15 is 0 Å². The van der Waals surface area contributed by atoms with E-state index in [-0.39, 0.29) is 5.95 Å². The first kappa shape index (κ1) is 19.3. The van der Waals surface area contributed by atoms with Gasteiger partial charge >= 0.3 is 0 Å². The SMILES string of the molecule is COc1cc2nc(N)nc(NC3CCN(Cc4ccccc4)CC3)c2cc1OC. The van der Waals surface area contributed by atoms with E-state index < -0.39 is 0 Å². The number of hydrogen-bond donors (Lipinski definition) is 2. The molecule has 7 nitrogen and oxygen atoms in total. The molecule has 7 heteroatoms. The summed E-state index contributed by atoms with van der Waals surface area (Å²) < 4.78 is 10.8. The molecule has 2 heterocycles. The van der Waals surface area contributed by atoms with Crippen LogP contribution in [0.25, 0.3) is 10.9 Å². The standard InChI is InChI=1S/C22H27N5O2/c1-28-19-12-17-18(13-20(19)29-2)25-22(23)26-21(17)24-16-8-10-27(11-9-16)14-15-6-4-3-5-7-15/h3-7,12-13,16H,8-11,14H2,1-2H3,(H3,23,24,25,26). The summed E-state index contributed by atoms with van der Waals surface area (Å²) in [6, 6.07) is 14.7. The number of fused-ring (bicyclic) bond motifs is 1. The topological polar surface area (TPSA) is 85.5 Å². The summed E-state index contributed by atoms with van der Waals surface area (Å²) in [6.07, 6.45) is 2.09. The average Bonchev–Trinajstić information content (AvgIpc) is 2.75. The van der Waals surface area contributed by atoms with E-state index in [1.807, 2.05) is 12.1 Å². The molecule has 0 amide bonds. The van der Waals surface area contributed by atoms with Gasteiger partial charge in [0.05, 0.1) is 19.7 Å². The Balaban J connectivity index is 1.48. The smallest absolute Gasteiger partial charge is 0.222 e. The van der Waals surface area contributed by atoms with Gasteiger partial charge in [0.25, 0.3) is 0 Å². The first-order valence-corrected chi connectivity index (χ1v) is 9.88. The predicted molar refractivity (Wildman–Crippen MR) is 115 cm³/mol. The Bertz CT molecular complexity index is 972. The first-order valence-electron chi connectivity index (χ1n) is 9.88. The lowest BCUT2D eigenvalue weighted by molar-refractivity contribution is 0.211. The highest BCUT2D eigenvalue weighted by molar-refractivity contribution is 5.92. The molecular formula is C22H27N5O2. The highest BCUT2D eigenvalue weighted by Crippen LogP contribution is 2.34. The Morgan fingerprint density at radius 2 is 1.72 bits per heavy atom. The minimum Gasteiger partial charge on any atom is -0.493 e. The largest absolute Gasteiger partial charge is 0.493 e. The lowest BCUT2D eigenvalue weighted by Crippen LogP contribution is -2.38. The molecule has 1 fully saturated rings. The number of methoxy groups -OCH3 is 2. The van der Waals surface area contributed by atoms with Gasteiger partial charge in [-0.3, -0.25) is 4.90 Å². The zero-order valence-corrected chi connectivity index (χ0v) is 16.9. The molecule has 4 rings (SSSR count). The number of hydrogen-bond acceptors (Lipinski definition) is 7.